The van der Waals surface area contributed by atoms with Crippen molar-refractivity contribution < 1.29 is 4.57 Å². The first-order valence-electron chi connectivity index (χ1n) is 11.1. The molecule has 0 fully saturated rings. The third kappa shape index (κ3) is 3.25. The Morgan fingerprint density at radius 1 is 0.903 bits per heavy atom. The molecule has 1 aliphatic heterocycles. The van der Waals surface area contributed by atoms with Gasteiger partial charge in [0.15, 0.2) is 5.69 Å². The van der Waals surface area contributed by atoms with E-state index in [-0.39, 0.29) is 5.56 Å². The summed E-state index contributed by atoms with van der Waals surface area (Å²) < 4.78 is 8.34. The van der Waals surface area contributed by atoms with E-state index in [4.69, 9.17) is 0 Å². The van der Waals surface area contributed by atoms with Gasteiger partial charge < -0.3 is 0 Å². The summed E-state index contributed by atoms with van der Waals surface area (Å²) in [6, 6.07) is 18.5. The lowest BCUT2D eigenvalue weighted by Crippen LogP contribution is -2.36. The van der Waals surface area contributed by atoms with Crippen LogP contribution in [0.3, 0.4) is 0 Å². The number of fused-ring (bicyclic) bond motifs is 1. The number of rotatable bonds is 3. The zero-order valence-corrected chi connectivity index (χ0v) is 18.5. The van der Waals surface area contributed by atoms with Gasteiger partial charge in [-0.15, -0.1) is 0 Å². The van der Waals surface area contributed by atoms with Gasteiger partial charge in [-0.1, -0.05) is 48.0 Å². The minimum Gasteiger partial charge on any atom is -0.281 e. The fourth-order valence-electron chi connectivity index (χ4n) is 4.73. The van der Waals surface area contributed by atoms with E-state index in [9.17, 15) is 4.79 Å². The molecule has 31 heavy (non-hydrogen) atoms. The second-order valence-electron chi connectivity index (χ2n) is 8.55. The molecule has 0 aliphatic carbocycles. The van der Waals surface area contributed by atoms with Crippen molar-refractivity contribution in [3.05, 3.63) is 88.2 Å². The van der Waals surface area contributed by atoms with Crippen LogP contribution in [0.1, 0.15) is 36.3 Å². The van der Waals surface area contributed by atoms with Crippen molar-refractivity contribution in [1.29, 1.82) is 0 Å². The Labute approximate surface area is 182 Å². The van der Waals surface area contributed by atoms with Gasteiger partial charge in [0.1, 0.15) is 6.20 Å². The largest absolute Gasteiger partial charge is 0.319 e. The topological polar surface area (TPSA) is 35.7 Å². The molecule has 158 valence electrons. The molecule has 5 nitrogen and oxygen atoms in total. The highest BCUT2D eigenvalue weighted by molar-refractivity contribution is 5.62. The smallest absolute Gasteiger partial charge is 0.281 e. The van der Waals surface area contributed by atoms with Crippen molar-refractivity contribution in [3.63, 3.8) is 0 Å². The van der Waals surface area contributed by atoms with E-state index in [2.05, 4.69) is 46.5 Å². The maximum atomic E-state index is 13.8. The van der Waals surface area contributed by atoms with Crippen LogP contribution in [0.5, 0.6) is 0 Å². The summed E-state index contributed by atoms with van der Waals surface area (Å²) >= 11 is 0. The highest BCUT2D eigenvalue weighted by Gasteiger charge is 2.32. The molecule has 5 rings (SSSR count). The maximum Gasteiger partial charge on any atom is 0.319 e. The summed E-state index contributed by atoms with van der Waals surface area (Å²) in [7, 11) is 1.97. The van der Waals surface area contributed by atoms with Gasteiger partial charge in [-0.3, -0.25) is 9.48 Å². The number of aryl methyl sites for hydroxylation is 2. The average molecular weight is 414 g/mol. The molecule has 0 N–H and O–H groups in total. The molecule has 0 bridgehead atoms. The normalized spacial score (nSPS) is 13.8. The molecule has 0 saturated heterocycles. The van der Waals surface area contributed by atoms with Gasteiger partial charge in [-0.2, -0.15) is 4.57 Å². The van der Waals surface area contributed by atoms with Crippen molar-refractivity contribution >= 4 is 0 Å². The Kier molecular flexibility index (Phi) is 4.89. The quantitative estimate of drug-likeness (QED) is 0.462. The van der Waals surface area contributed by atoms with Crippen molar-refractivity contribution in [2.75, 3.05) is 0 Å². The summed E-state index contributed by atoms with van der Waals surface area (Å²) in [4.78, 5) is 13.8. The van der Waals surface area contributed by atoms with Crippen molar-refractivity contribution in [1.82, 2.24) is 13.9 Å². The summed E-state index contributed by atoms with van der Waals surface area (Å²) in [6.45, 7) is 5.15. The van der Waals surface area contributed by atoms with E-state index >= 15 is 0 Å². The first-order chi connectivity index (χ1) is 15.1. The number of aromatic nitrogens is 4. The number of hydrogen-bond acceptors (Lipinski definition) is 1. The van der Waals surface area contributed by atoms with E-state index in [1.165, 1.54) is 24.2 Å². The fraction of sp³-hybridized carbons (Fsp3) is 0.308. The Morgan fingerprint density at radius 2 is 1.65 bits per heavy atom. The van der Waals surface area contributed by atoms with Crippen LogP contribution in [0.15, 0.2) is 65.6 Å². The van der Waals surface area contributed by atoms with Crippen molar-refractivity contribution in [2.45, 2.75) is 46.1 Å². The molecule has 0 saturated carbocycles. The van der Waals surface area contributed by atoms with Crippen molar-refractivity contribution in [3.8, 4) is 22.6 Å². The van der Waals surface area contributed by atoms with Crippen LogP contribution in [0.4, 0.5) is 0 Å². The van der Waals surface area contributed by atoms with Gasteiger partial charge in [0.05, 0.1) is 17.9 Å². The second-order valence-corrected chi connectivity index (χ2v) is 8.55. The molecule has 0 atom stereocenters. The fourth-order valence-corrected chi connectivity index (χ4v) is 4.73. The molecule has 5 heteroatoms. The Balaban J connectivity index is 1.80. The molecular weight excluding hydrogens is 384 g/mol. The lowest BCUT2D eigenvalue weighted by atomic mass is 10.1. The van der Waals surface area contributed by atoms with Crippen LogP contribution in [0.2, 0.25) is 0 Å². The summed E-state index contributed by atoms with van der Waals surface area (Å²) in [5.74, 6) is 1.22. The Hall–Kier alpha value is -3.34. The molecule has 0 unspecified atom stereocenters. The van der Waals surface area contributed by atoms with Gasteiger partial charge >= 0.3 is 5.56 Å². The monoisotopic (exact) mass is 413 g/mol. The average Bonchev–Trinajstić information content (AvgIpc) is 3.10. The van der Waals surface area contributed by atoms with Crippen LogP contribution in [0, 0.1) is 13.8 Å². The van der Waals surface area contributed by atoms with E-state index < -0.39 is 0 Å². The van der Waals surface area contributed by atoms with E-state index in [1.54, 1.807) is 4.68 Å². The lowest BCUT2D eigenvalue weighted by molar-refractivity contribution is -0.702. The standard InChI is InChI=1S/C26H29N4O/c1-19-13-15-21(16-14-19)23-18-28-17-9-5-8-12-24(28)29(23)25-20(2)27(3)30(26(25)31)22-10-6-4-7-11-22/h4,6-7,10-11,13-16,18H,5,8-9,12,17H2,1-3H3/q+1. The Morgan fingerprint density at radius 3 is 2.39 bits per heavy atom. The number of benzene rings is 2. The minimum atomic E-state index is 0.0165. The molecular formula is C26H29N4O+. The van der Waals surface area contributed by atoms with E-state index in [0.29, 0.717) is 0 Å². The highest BCUT2D eigenvalue weighted by atomic mass is 16.1. The van der Waals surface area contributed by atoms with Crippen LogP contribution in [-0.4, -0.2) is 13.9 Å². The first kappa shape index (κ1) is 19.6. The number of imidazole rings is 1. The molecule has 1 aliphatic rings. The lowest BCUT2D eigenvalue weighted by Gasteiger charge is -2.07. The zero-order chi connectivity index (χ0) is 21.5. The SMILES string of the molecule is Cc1ccc(-c2c[n+]3c(n2-c2c(C)n(C)n(-c4ccccc4)c2=O)CCCCC3)cc1. The first-order valence-corrected chi connectivity index (χ1v) is 11.1. The molecule has 0 amide bonds. The molecule has 4 aromatic rings. The van der Waals surface area contributed by atoms with Crippen LogP contribution in [0.25, 0.3) is 22.6 Å². The predicted molar refractivity (Wildman–Crippen MR) is 123 cm³/mol. The summed E-state index contributed by atoms with van der Waals surface area (Å²) in [5.41, 5.74) is 6.07. The van der Waals surface area contributed by atoms with Crippen LogP contribution < -0.4 is 10.1 Å². The summed E-state index contributed by atoms with van der Waals surface area (Å²) in [5, 5.41) is 0. The molecule has 2 aromatic heterocycles. The number of para-hydroxylation sites is 1. The molecule has 2 aromatic carbocycles. The van der Waals surface area contributed by atoms with Crippen LogP contribution in [-0.2, 0) is 20.0 Å². The second kappa shape index (κ2) is 7.73. The van der Waals surface area contributed by atoms with Crippen LogP contribution >= 0.6 is 0 Å². The molecule has 0 radical (unpaired) electrons. The van der Waals surface area contributed by atoms with Gasteiger partial charge in [0, 0.05) is 19.0 Å². The molecule has 3 heterocycles. The van der Waals surface area contributed by atoms with Gasteiger partial charge in [0.2, 0.25) is 5.69 Å². The minimum absolute atomic E-state index is 0.0165. The third-order valence-corrected chi connectivity index (χ3v) is 6.50. The third-order valence-electron chi connectivity index (χ3n) is 6.50. The number of hydrogen-bond donors (Lipinski definition) is 0. The number of nitrogens with zero attached hydrogens (tertiary/aromatic N) is 4. The van der Waals surface area contributed by atoms with E-state index in [0.717, 1.165) is 47.7 Å². The van der Waals surface area contributed by atoms with Crippen molar-refractivity contribution in [2.24, 2.45) is 7.05 Å². The zero-order valence-electron chi connectivity index (χ0n) is 18.5. The van der Waals surface area contributed by atoms with E-state index in [1.807, 2.05) is 49.0 Å². The predicted octanol–water partition coefficient (Wildman–Crippen LogP) is 4.26. The van der Waals surface area contributed by atoms with Gasteiger partial charge in [-0.05, 0) is 45.2 Å². The highest BCUT2D eigenvalue weighted by Crippen LogP contribution is 2.27. The van der Waals surface area contributed by atoms with Gasteiger partial charge in [-0.25, -0.2) is 9.25 Å². The maximum absolute atomic E-state index is 13.8. The Bertz CT molecular complexity index is 1290. The van der Waals surface area contributed by atoms with Gasteiger partial charge in [0.25, 0.3) is 5.82 Å². The molecule has 0 spiro atoms. The summed E-state index contributed by atoms with van der Waals surface area (Å²) in [6.07, 6.45) is 6.77.